The average Bonchev–Trinajstić information content (AvgIpc) is 3.01. The van der Waals surface area contributed by atoms with Gasteiger partial charge in [0.25, 0.3) is 5.91 Å². The molecule has 2 aliphatic heterocycles. The number of hydrogen-bond donors (Lipinski definition) is 2. The van der Waals surface area contributed by atoms with E-state index in [0.717, 1.165) is 30.2 Å². The Morgan fingerprint density at radius 2 is 1.96 bits per heavy atom. The van der Waals surface area contributed by atoms with Crippen LogP contribution in [0.4, 0.5) is 26.2 Å². The number of benzene rings is 1. The standard InChI is InChI=1S/C32H38F2N8O4/c1-20-18-40(4)14-15-42(20)24-7-9-27(38-28(24)45-5)39-30-36-12-10-23(37-30)21-6-8-25(22(16-21)17-35)46-26-11-13-41(19-32(26,33)34)29(43)31(2,3)44/h6-10,12,16,20,26,44H,11,13-15,18-19H2,1-5H3,(H,36,37,38,39)/t20-,26?/m1/s1. The van der Waals surface area contributed by atoms with Crippen LogP contribution in [0.15, 0.2) is 42.6 Å². The normalized spacial score (nSPS) is 20.2. The van der Waals surface area contributed by atoms with Gasteiger partial charge in [0.1, 0.15) is 28.9 Å². The zero-order valence-corrected chi connectivity index (χ0v) is 26.5. The van der Waals surface area contributed by atoms with Gasteiger partial charge in [0.2, 0.25) is 11.8 Å². The van der Waals surface area contributed by atoms with Crippen molar-refractivity contribution in [1.82, 2.24) is 24.8 Å². The average molecular weight is 637 g/mol. The number of aromatic nitrogens is 3. The van der Waals surface area contributed by atoms with Gasteiger partial charge in [-0.25, -0.2) is 18.7 Å². The Kier molecular flexibility index (Phi) is 9.27. The summed E-state index contributed by atoms with van der Waals surface area (Å²) in [4.78, 5) is 31.3. The van der Waals surface area contributed by atoms with Crippen LogP contribution in [-0.4, -0.2) is 106 Å². The van der Waals surface area contributed by atoms with Crippen LogP contribution >= 0.6 is 0 Å². The summed E-state index contributed by atoms with van der Waals surface area (Å²) in [5.41, 5.74) is 0.231. The predicted octanol–water partition coefficient (Wildman–Crippen LogP) is 3.69. The highest BCUT2D eigenvalue weighted by Gasteiger charge is 2.49. The molecule has 2 N–H and O–H groups in total. The molecule has 2 saturated heterocycles. The summed E-state index contributed by atoms with van der Waals surface area (Å²) in [6.07, 6.45) is -0.167. The van der Waals surface area contributed by atoms with E-state index in [1.165, 1.54) is 26.0 Å². The first kappa shape index (κ1) is 32.8. The van der Waals surface area contributed by atoms with E-state index in [1.54, 1.807) is 25.4 Å². The molecule has 1 amide bonds. The van der Waals surface area contributed by atoms with Crippen molar-refractivity contribution >= 4 is 23.4 Å². The molecule has 0 aliphatic carbocycles. The summed E-state index contributed by atoms with van der Waals surface area (Å²) in [7, 11) is 3.68. The number of carbonyl (C=O) groups is 1. The molecule has 1 unspecified atom stereocenters. The van der Waals surface area contributed by atoms with Gasteiger partial charge in [-0.2, -0.15) is 10.2 Å². The van der Waals surface area contributed by atoms with Crippen molar-refractivity contribution in [1.29, 1.82) is 5.26 Å². The molecule has 0 bridgehead atoms. The minimum Gasteiger partial charge on any atom is -0.483 e. The van der Waals surface area contributed by atoms with Gasteiger partial charge in [-0.1, -0.05) is 0 Å². The third kappa shape index (κ3) is 7.11. The van der Waals surface area contributed by atoms with Gasteiger partial charge in [0.15, 0.2) is 6.10 Å². The van der Waals surface area contributed by atoms with Crippen LogP contribution in [0.25, 0.3) is 11.3 Å². The number of nitriles is 1. The van der Waals surface area contributed by atoms with Crippen molar-refractivity contribution in [2.75, 3.05) is 57.1 Å². The summed E-state index contributed by atoms with van der Waals surface area (Å²) in [5, 5.41) is 22.9. The maximum atomic E-state index is 15.0. The lowest BCUT2D eigenvalue weighted by atomic mass is 10.00. The second kappa shape index (κ2) is 13.0. The number of nitrogens with one attached hydrogen (secondary N) is 1. The van der Waals surface area contributed by atoms with Crippen molar-refractivity contribution in [3.8, 4) is 29.0 Å². The molecule has 0 saturated carbocycles. The first-order chi connectivity index (χ1) is 21.8. The fourth-order valence-corrected chi connectivity index (χ4v) is 5.72. The first-order valence-electron chi connectivity index (χ1n) is 15.0. The van der Waals surface area contributed by atoms with E-state index in [1.807, 2.05) is 18.2 Å². The predicted molar refractivity (Wildman–Crippen MR) is 167 cm³/mol. The van der Waals surface area contributed by atoms with Crippen LogP contribution < -0.4 is 19.7 Å². The van der Waals surface area contributed by atoms with Crippen LogP contribution in [0.1, 0.15) is 32.8 Å². The van der Waals surface area contributed by atoms with Crippen molar-refractivity contribution < 1.29 is 28.2 Å². The van der Waals surface area contributed by atoms with Crippen LogP contribution in [0.3, 0.4) is 0 Å². The van der Waals surface area contributed by atoms with Crippen LogP contribution in [0.5, 0.6) is 11.6 Å². The molecular weight excluding hydrogens is 598 g/mol. The molecule has 2 aliphatic rings. The Bertz CT molecular complexity index is 1630. The minimum atomic E-state index is -3.39. The SMILES string of the molecule is COc1nc(Nc2nccc(-c3ccc(OC4CCN(C(=O)C(C)(C)O)CC4(F)F)c(C#N)c3)n2)ccc1N1CCN(C)C[C@H]1C. The zero-order valence-electron chi connectivity index (χ0n) is 26.5. The fourth-order valence-electron chi connectivity index (χ4n) is 5.72. The molecule has 0 spiro atoms. The van der Waals surface area contributed by atoms with E-state index in [9.17, 15) is 15.2 Å². The Labute approximate surface area is 266 Å². The Hall–Kier alpha value is -4.61. The molecule has 1 aromatic carbocycles. The summed E-state index contributed by atoms with van der Waals surface area (Å²) in [6, 6.07) is 12.4. The molecule has 5 rings (SSSR count). The third-order valence-corrected chi connectivity index (χ3v) is 8.08. The molecule has 244 valence electrons. The molecule has 46 heavy (non-hydrogen) atoms. The number of aliphatic hydroxyl groups is 1. The number of methoxy groups -OCH3 is 1. The van der Waals surface area contributed by atoms with Crippen molar-refractivity contribution in [2.24, 2.45) is 0 Å². The minimum absolute atomic E-state index is 0.00310. The number of likely N-dealkylation sites (N-methyl/N-ethyl adjacent to an activating group) is 1. The van der Waals surface area contributed by atoms with Crippen molar-refractivity contribution in [2.45, 2.75) is 50.9 Å². The van der Waals surface area contributed by atoms with Gasteiger partial charge in [-0.3, -0.25) is 4.79 Å². The Morgan fingerprint density at radius 1 is 1.17 bits per heavy atom. The highest BCUT2D eigenvalue weighted by molar-refractivity contribution is 5.84. The summed E-state index contributed by atoms with van der Waals surface area (Å²) in [6.45, 7) is 6.50. The van der Waals surface area contributed by atoms with E-state index in [0.29, 0.717) is 29.0 Å². The number of rotatable bonds is 8. The maximum absolute atomic E-state index is 15.0. The lowest BCUT2D eigenvalue weighted by Gasteiger charge is -2.40. The van der Waals surface area contributed by atoms with Crippen molar-refractivity contribution in [3.63, 3.8) is 0 Å². The number of carbonyl (C=O) groups excluding carboxylic acids is 1. The number of ether oxygens (including phenoxy) is 2. The highest BCUT2D eigenvalue weighted by Crippen LogP contribution is 2.35. The largest absolute Gasteiger partial charge is 0.483 e. The van der Waals surface area contributed by atoms with E-state index in [-0.39, 0.29) is 30.2 Å². The number of likely N-dealkylation sites (tertiary alicyclic amines) is 1. The molecule has 3 aromatic rings. The fraction of sp³-hybridized carbons (Fsp3) is 0.469. The first-order valence-corrected chi connectivity index (χ1v) is 15.0. The summed E-state index contributed by atoms with van der Waals surface area (Å²) >= 11 is 0. The van der Waals surface area contributed by atoms with Crippen LogP contribution in [0.2, 0.25) is 0 Å². The van der Waals surface area contributed by atoms with Crippen molar-refractivity contribution in [3.05, 3.63) is 48.2 Å². The zero-order chi connectivity index (χ0) is 33.2. The number of alkyl halides is 2. The maximum Gasteiger partial charge on any atom is 0.301 e. The second-order valence-electron chi connectivity index (χ2n) is 12.2. The molecule has 4 heterocycles. The molecule has 2 atom stereocenters. The summed E-state index contributed by atoms with van der Waals surface area (Å²) in [5.74, 6) is -2.95. The summed E-state index contributed by atoms with van der Waals surface area (Å²) < 4.78 is 41.3. The number of piperazine rings is 1. The monoisotopic (exact) mass is 636 g/mol. The Balaban J connectivity index is 1.30. The quantitative estimate of drug-likeness (QED) is 0.374. The topological polar surface area (TPSA) is 140 Å². The van der Waals surface area contributed by atoms with E-state index < -0.39 is 30.1 Å². The van der Waals surface area contributed by atoms with Gasteiger partial charge in [-0.05, 0) is 64.2 Å². The Morgan fingerprint density at radius 3 is 2.63 bits per heavy atom. The molecule has 12 nitrogen and oxygen atoms in total. The number of amides is 1. The second-order valence-corrected chi connectivity index (χ2v) is 12.2. The molecular formula is C32H38F2N8O4. The number of pyridine rings is 1. The van der Waals surface area contributed by atoms with Gasteiger partial charge in [0.05, 0.1) is 24.9 Å². The van der Waals surface area contributed by atoms with E-state index >= 15 is 8.78 Å². The van der Waals surface area contributed by atoms with Gasteiger partial charge < -0.3 is 34.6 Å². The van der Waals surface area contributed by atoms with Gasteiger partial charge in [0, 0.05) is 50.4 Å². The van der Waals surface area contributed by atoms with E-state index in [4.69, 9.17) is 9.47 Å². The lowest BCUT2D eigenvalue weighted by molar-refractivity contribution is -0.171. The smallest absolute Gasteiger partial charge is 0.301 e. The number of hydrogen-bond acceptors (Lipinski definition) is 11. The van der Waals surface area contributed by atoms with Crippen LogP contribution in [0, 0.1) is 11.3 Å². The van der Waals surface area contributed by atoms with E-state index in [2.05, 4.69) is 44.0 Å². The molecule has 2 aromatic heterocycles. The number of anilines is 3. The number of piperidine rings is 1. The molecule has 2 fully saturated rings. The van der Waals surface area contributed by atoms with Gasteiger partial charge >= 0.3 is 5.92 Å². The van der Waals surface area contributed by atoms with Gasteiger partial charge in [-0.15, -0.1) is 0 Å². The van der Waals surface area contributed by atoms with Crippen LogP contribution in [-0.2, 0) is 4.79 Å². The molecule has 14 heteroatoms. The number of halogens is 2. The lowest BCUT2D eigenvalue weighted by Crippen LogP contribution is -2.58. The third-order valence-electron chi connectivity index (χ3n) is 8.08. The highest BCUT2D eigenvalue weighted by atomic mass is 19.3. The number of nitrogens with zero attached hydrogens (tertiary/aromatic N) is 7. The molecule has 0 radical (unpaired) electrons.